The Kier molecular flexibility index (Phi) is 2.66. The van der Waals surface area contributed by atoms with Crippen molar-refractivity contribution in [3.8, 4) is 0 Å². The van der Waals surface area contributed by atoms with Crippen molar-refractivity contribution in [3.63, 3.8) is 0 Å². The van der Waals surface area contributed by atoms with Gasteiger partial charge in [0.1, 0.15) is 0 Å². The molecule has 5 heteroatoms. The second kappa shape index (κ2) is 4.33. The van der Waals surface area contributed by atoms with Crippen LogP contribution in [0.25, 0.3) is 0 Å². The fourth-order valence-electron chi connectivity index (χ4n) is 2.55. The van der Waals surface area contributed by atoms with E-state index in [0.29, 0.717) is 0 Å². The van der Waals surface area contributed by atoms with E-state index in [1.807, 2.05) is 25.5 Å². The van der Waals surface area contributed by atoms with Gasteiger partial charge in [0.05, 0.1) is 17.9 Å². The number of H-pyrrole nitrogens is 1. The van der Waals surface area contributed by atoms with Crippen molar-refractivity contribution in [3.05, 3.63) is 46.1 Å². The number of hydrogen-bond acceptors (Lipinski definition) is 3. The summed E-state index contributed by atoms with van der Waals surface area (Å²) in [6.07, 6.45) is 6.90. The highest BCUT2D eigenvalue weighted by Gasteiger charge is 2.20. The van der Waals surface area contributed by atoms with Gasteiger partial charge in [0.15, 0.2) is 0 Å². The molecule has 0 spiro atoms. The lowest BCUT2D eigenvalue weighted by Gasteiger charge is -2.26. The van der Waals surface area contributed by atoms with Crippen LogP contribution in [0, 0.1) is 0 Å². The summed E-state index contributed by atoms with van der Waals surface area (Å²) in [4.78, 5) is 14.3. The van der Waals surface area contributed by atoms with Crippen molar-refractivity contribution in [1.29, 1.82) is 0 Å². The fraction of sp³-hybridized carbons (Fsp3) is 0.385. The standard InChI is InChI=1S/C13H16N4O/c1-17-8-9(7-14-17)15-11-3-2-4-12-10(11)5-6-13(18)16-12/h5-8,11,15H,2-4H2,1H3,(H,16,18). The number of nitrogens with one attached hydrogen (secondary N) is 2. The predicted octanol–water partition coefficient (Wildman–Crippen LogP) is 1.60. The Morgan fingerprint density at radius 2 is 2.39 bits per heavy atom. The molecule has 2 heterocycles. The van der Waals surface area contributed by atoms with Crippen LogP contribution in [0.15, 0.2) is 29.3 Å². The molecule has 0 aromatic carbocycles. The largest absolute Gasteiger partial charge is 0.376 e. The van der Waals surface area contributed by atoms with Gasteiger partial charge in [-0.2, -0.15) is 5.10 Å². The summed E-state index contributed by atoms with van der Waals surface area (Å²) in [6, 6.07) is 3.79. The molecular formula is C13H16N4O. The topological polar surface area (TPSA) is 62.7 Å². The molecule has 1 aliphatic carbocycles. The van der Waals surface area contributed by atoms with E-state index in [1.165, 1.54) is 5.56 Å². The molecule has 5 nitrogen and oxygen atoms in total. The van der Waals surface area contributed by atoms with Crippen LogP contribution in [0.4, 0.5) is 5.69 Å². The molecule has 3 rings (SSSR count). The number of fused-ring (bicyclic) bond motifs is 1. The summed E-state index contributed by atoms with van der Waals surface area (Å²) >= 11 is 0. The minimum atomic E-state index is -0.0178. The second-order valence-electron chi connectivity index (χ2n) is 4.75. The minimum absolute atomic E-state index is 0.0178. The molecule has 1 aliphatic rings. The number of anilines is 1. The van der Waals surface area contributed by atoms with Gasteiger partial charge in [0.2, 0.25) is 5.56 Å². The smallest absolute Gasteiger partial charge is 0.248 e. The lowest BCUT2D eigenvalue weighted by molar-refractivity contribution is 0.587. The monoisotopic (exact) mass is 244 g/mol. The number of pyridine rings is 1. The summed E-state index contributed by atoms with van der Waals surface area (Å²) in [7, 11) is 1.90. The molecule has 2 N–H and O–H groups in total. The van der Waals surface area contributed by atoms with Crippen LogP contribution in [0.2, 0.25) is 0 Å². The van der Waals surface area contributed by atoms with Crippen molar-refractivity contribution < 1.29 is 0 Å². The number of aromatic nitrogens is 3. The Hall–Kier alpha value is -2.04. The second-order valence-corrected chi connectivity index (χ2v) is 4.75. The van der Waals surface area contributed by atoms with Crippen LogP contribution in [0.1, 0.15) is 30.1 Å². The maximum absolute atomic E-state index is 11.3. The lowest BCUT2D eigenvalue weighted by Crippen LogP contribution is -2.21. The summed E-state index contributed by atoms with van der Waals surface area (Å²) in [5.74, 6) is 0. The zero-order valence-corrected chi connectivity index (χ0v) is 10.3. The van der Waals surface area contributed by atoms with Gasteiger partial charge in [-0.15, -0.1) is 0 Å². The summed E-state index contributed by atoms with van der Waals surface area (Å²) in [6.45, 7) is 0. The molecule has 0 amide bonds. The Balaban J connectivity index is 1.89. The van der Waals surface area contributed by atoms with Crippen LogP contribution < -0.4 is 10.9 Å². The van der Waals surface area contributed by atoms with Crippen molar-refractivity contribution in [2.45, 2.75) is 25.3 Å². The normalized spacial score (nSPS) is 18.4. The number of rotatable bonds is 2. The van der Waals surface area contributed by atoms with Gasteiger partial charge >= 0.3 is 0 Å². The first-order valence-electron chi connectivity index (χ1n) is 6.19. The highest BCUT2D eigenvalue weighted by atomic mass is 16.1. The van der Waals surface area contributed by atoms with Crippen LogP contribution in [-0.2, 0) is 13.5 Å². The molecule has 0 fully saturated rings. The quantitative estimate of drug-likeness (QED) is 0.843. The van der Waals surface area contributed by atoms with E-state index in [4.69, 9.17) is 0 Å². The van der Waals surface area contributed by atoms with Gasteiger partial charge < -0.3 is 10.3 Å². The SMILES string of the molecule is Cn1cc(NC2CCCc3[nH]c(=O)ccc32)cn1. The number of hydrogen-bond donors (Lipinski definition) is 2. The van der Waals surface area contributed by atoms with Gasteiger partial charge in [-0.25, -0.2) is 0 Å². The molecule has 2 aromatic rings. The van der Waals surface area contributed by atoms with Crippen LogP contribution in [0.5, 0.6) is 0 Å². The zero-order chi connectivity index (χ0) is 12.5. The van der Waals surface area contributed by atoms with Crippen LogP contribution in [-0.4, -0.2) is 14.8 Å². The first-order valence-corrected chi connectivity index (χ1v) is 6.19. The van der Waals surface area contributed by atoms with E-state index < -0.39 is 0 Å². The zero-order valence-electron chi connectivity index (χ0n) is 10.3. The average molecular weight is 244 g/mol. The number of aromatic amines is 1. The van der Waals surface area contributed by atoms with E-state index in [2.05, 4.69) is 15.4 Å². The molecule has 1 unspecified atom stereocenters. The molecule has 0 bridgehead atoms. The van der Waals surface area contributed by atoms with E-state index in [9.17, 15) is 4.79 Å². The Bertz CT molecular complexity index is 613. The maximum Gasteiger partial charge on any atom is 0.248 e. The van der Waals surface area contributed by atoms with E-state index in [0.717, 1.165) is 30.6 Å². The first kappa shape index (κ1) is 11.1. The van der Waals surface area contributed by atoms with E-state index in [1.54, 1.807) is 10.7 Å². The van der Waals surface area contributed by atoms with Crippen LogP contribution >= 0.6 is 0 Å². The van der Waals surface area contributed by atoms with Crippen molar-refractivity contribution in [1.82, 2.24) is 14.8 Å². The van der Waals surface area contributed by atoms with Gasteiger partial charge in [-0.3, -0.25) is 9.48 Å². The molecule has 18 heavy (non-hydrogen) atoms. The van der Waals surface area contributed by atoms with Gasteiger partial charge in [0.25, 0.3) is 0 Å². The molecule has 0 saturated heterocycles. The maximum atomic E-state index is 11.3. The highest BCUT2D eigenvalue weighted by Crippen LogP contribution is 2.30. The van der Waals surface area contributed by atoms with Crippen LogP contribution in [0.3, 0.4) is 0 Å². The van der Waals surface area contributed by atoms with E-state index in [-0.39, 0.29) is 11.6 Å². The molecular weight excluding hydrogens is 228 g/mol. The third-order valence-electron chi connectivity index (χ3n) is 3.38. The summed E-state index contributed by atoms with van der Waals surface area (Å²) < 4.78 is 1.78. The third kappa shape index (κ3) is 2.03. The van der Waals surface area contributed by atoms with Crippen molar-refractivity contribution in [2.75, 3.05) is 5.32 Å². The Morgan fingerprint density at radius 3 is 3.17 bits per heavy atom. The highest BCUT2D eigenvalue weighted by molar-refractivity contribution is 5.43. The van der Waals surface area contributed by atoms with Gasteiger partial charge in [-0.1, -0.05) is 0 Å². The number of nitrogens with zero attached hydrogens (tertiary/aromatic N) is 2. The first-order chi connectivity index (χ1) is 8.72. The molecule has 2 aromatic heterocycles. The van der Waals surface area contributed by atoms with E-state index >= 15 is 0 Å². The predicted molar refractivity (Wildman–Crippen MR) is 69.6 cm³/mol. The third-order valence-corrected chi connectivity index (χ3v) is 3.38. The fourth-order valence-corrected chi connectivity index (χ4v) is 2.55. The van der Waals surface area contributed by atoms with Gasteiger partial charge in [-0.05, 0) is 30.9 Å². The Morgan fingerprint density at radius 1 is 1.50 bits per heavy atom. The number of aryl methyl sites for hydroxylation is 2. The van der Waals surface area contributed by atoms with Gasteiger partial charge in [0, 0.05) is 25.0 Å². The molecule has 1 atom stereocenters. The van der Waals surface area contributed by atoms with Crippen molar-refractivity contribution >= 4 is 5.69 Å². The van der Waals surface area contributed by atoms with Crippen molar-refractivity contribution in [2.24, 2.45) is 7.05 Å². The molecule has 0 radical (unpaired) electrons. The average Bonchev–Trinajstić information content (AvgIpc) is 2.75. The molecule has 94 valence electrons. The summed E-state index contributed by atoms with van der Waals surface area (Å²) in [5, 5.41) is 7.62. The lowest BCUT2D eigenvalue weighted by atomic mass is 9.91. The molecule has 0 saturated carbocycles. The Labute approximate surface area is 105 Å². The minimum Gasteiger partial charge on any atom is -0.376 e. The summed E-state index contributed by atoms with van der Waals surface area (Å²) in [5.41, 5.74) is 3.26. The molecule has 0 aliphatic heterocycles.